The summed E-state index contributed by atoms with van der Waals surface area (Å²) in [5, 5.41) is 12.3. The molecule has 190 valence electrons. The average Bonchev–Trinajstić information content (AvgIpc) is 3.34. The van der Waals surface area contributed by atoms with Gasteiger partial charge in [0.1, 0.15) is 12.1 Å². The topological polar surface area (TPSA) is 110 Å². The number of hydrogen-bond donors (Lipinski definition) is 1. The van der Waals surface area contributed by atoms with Crippen molar-refractivity contribution in [2.24, 2.45) is 0 Å². The van der Waals surface area contributed by atoms with E-state index in [1.165, 1.54) is 14.7 Å². The summed E-state index contributed by atoms with van der Waals surface area (Å²) < 4.78 is 0. The van der Waals surface area contributed by atoms with Crippen molar-refractivity contribution in [2.45, 2.75) is 51.1 Å². The van der Waals surface area contributed by atoms with Crippen molar-refractivity contribution in [3.63, 3.8) is 0 Å². The monoisotopic (exact) mass is 490 g/mol. The molecule has 1 saturated heterocycles. The van der Waals surface area contributed by atoms with Gasteiger partial charge in [-0.3, -0.25) is 29.2 Å². The molecule has 36 heavy (non-hydrogen) atoms. The largest absolute Gasteiger partial charge is 0.347 e. The number of benzene rings is 1. The minimum Gasteiger partial charge on any atom is -0.347 e. The van der Waals surface area contributed by atoms with Gasteiger partial charge in [-0.25, -0.2) is 0 Å². The van der Waals surface area contributed by atoms with Gasteiger partial charge >= 0.3 is 0 Å². The van der Waals surface area contributed by atoms with Gasteiger partial charge in [-0.15, -0.1) is 0 Å². The van der Waals surface area contributed by atoms with E-state index in [2.05, 4.69) is 37.3 Å². The second-order valence-corrected chi connectivity index (χ2v) is 10.2. The molecule has 1 aromatic heterocycles. The van der Waals surface area contributed by atoms with Crippen LogP contribution in [0, 0.1) is 11.5 Å². The number of carbonyl (C=O) groups is 3. The van der Waals surface area contributed by atoms with Crippen LogP contribution < -0.4 is 10.2 Å². The van der Waals surface area contributed by atoms with E-state index < -0.39 is 18.0 Å². The molecule has 0 spiro atoms. The van der Waals surface area contributed by atoms with Crippen molar-refractivity contribution >= 4 is 23.4 Å². The van der Waals surface area contributed by atoms with Gasteiger partial charge < -0.3 is 10.2 Å². The van der Waals surface area contributed by atoms with Gasteiger partial charge in [0.2, 0.25) is 11.8 Å². The molecule has 3 rings (SSSR count). The Morgan fingerprint density at radius 2 is 1.89 bits per heavy atom. The van der Waals surface area contributed by atoms with Crippen LogP contribution in [0.2, 0.25) is 0 Å². The summed E-state index contributed by atoms with van der Waals surface area (Å²) in [6, 6.07) is 9.21. The lowest BCUT2D eigenvalue weighted by Crippen LogP contribution is -2.51. The Morgan fingerprint density at radius 1 is 1.19 bits per heavy atom. The quantitative estimate of drug-likeness (QED) is 0.598. The van der Waals surface area contributed by atoms with Crippen LogP contribution in [-0.2, 0) is 19.8 Å². The minimum atomic E-state index is -1.08. The number of hydrogen-bond acceptors (Lipinski definition) is 6. The lowest BCUT2D eigenvalue weighted by Gasteiger charge is -2.34. The van der Waals surface area contributed by atoms with Crippen molar-refractivity contribution in [1.82, 2.24) is 20.1 Å². The highest BCUT2D eigenvalue weighted by molar-refractivity contribution is 6.04. The van der Waals surface area contributed by atoms with E-state index in [0.717, 1.165) is 5.56 Å². The van der Waals surface area contributed by atoms with Crippen molar-refractivity contribution < 1.29 is 14.4 Å². The minimum absolute atomic E-state index is 0.0942. The summed E-state index contributed by atoms with van der Waals surface area (Å²) in [5.41, 5.74) is 2.02. The number of likely N-dealkylation sites (N-methyl/N-ethyl adjacent to an activating group) is 1. The molecule has 3 amide bonds. The van der Waals surface area contributed by atoms with Gasteiger partial charge in [-0.1, -0.05) is 39.0 Å². The zero-order valence-corrected chi connectivity index (χ0v) is 21.6. The highest BCUT2D eigenvalue weighted by atomic mass is 16.2. The Morgan fingerprint density at radius 3 is 2.44 bits per heavy atom. The van der Waals surface area contributed by atoms with Crippen LogP contribution in [0.4, 0.5) is 5.69 Å². The van der Waals surface area contributed by atoms with E-state index in [1.54, 1.807) is 38.6 Å². The second-order valence-electron chi connectivity index (χ2n) is 10.2. The fourth-order valence-electron chi connectivity index (χ4n) is 4.20. The third kappa shape index (κ3) is 6.00. The van der Waals surface area contributed by atoms with Gasteiger partial charge in [0.25, 0.3) is 5.91 Å². The third-order valence-electron chi connectivity index (χ3n) is 6.33. The maximum atomic E-state index is 14.0. The van der Waals surface area contributed by atoms with Crippen LogP contribution in [0.3, 0.4) is 0 Å². The molecule has 9 heteroatoms. The Balaban J connectivity index is 2.09. The zero-order chi connectivity index (χ0) is 26.5. The average molecular weight is 491 g/mol. The molecule has 0 aliphatic carbocycles. The lowest BCUT2D eigenvalue weighted by molar-refractivity contribution is -0.132. The van der Waals surface area contributed by atoms with Crippen LogP contribution in [0.5, 0.6) is 0 Å². The van der Waals surface area contributed by atoms with E-state index in [4.69, 9.17) is 0 Å². The van der Waals surface area contributed by atoms with E-state index in [1.807, 2.05) is 24.3 Å². The highest BCUT2D eigenvalue weighted by Crippen LogP contribution is 2.33. The number of amides is 3. The van der Waals surface area contributed by atoms with Crippen molar-refractivity contribution in [3.05, 3.63) is 59.9 Å². The number of carbonyl (C=O) groups excluding carboxylic acids is 3. The van der Waals surface area contributed by atoms with E-state index >= 15 is 0 Å². The molecule has 2 atom stereocenters. The Bertz CT molecular complexity index is 1120. The fourth-order valence-corrected chi connectivity index (χ4v) is 4.20. The van der Waals surface area contributed by atoms with Crippen LogP contribution >= 0.6 is 0 Å². The number of nitrogens with one attached hydrogen (secondary N) is 1. The molecule has 1 N–H and O–H groups in total. The molecular formula is C27H34N6O3. The first-order valence-electron chi connectivity index (χ1n) is 12.0. The SMILES string of the molecule is CN(C)C(=O)CNC(=O)C(c1cccnc1)N(C(=O)[C@H]1CCCN1C#N)c1ccc(C(C)(C)C)cc1. The van der Waals surface area contributed by atoms with Crippen molar-refractivity contribution in [1.29, 1.82) is 5.26 Å². The molecular weight excluding hydrogens is 456 g/mol. The van der Waals surface area contributed by atoms with Crippen LogP contribution in [0.25, 0.3) is 0 Å². The first kappa shape index (κ1) is 26.7. The molecule has 9 nitrogen and oxygen atoms in total. The molecule has 0 saturated carbocycles. The molecule has 2 aromatic rings. The maximum Gasteiger partial charge on any atom is 0.251 e. The molecule has 1 unspecified atom stereocenters. The molecule has 0 radical (unpaired) electrons. The first-order valence-corrected chi connectivity index (χ1v) is 12.0. The lowest BCUT2D eigenvalue weighted by atomic mass is 9.87. The number of nitrogens with zero attached hydrogens (tertiary/aromatic N) is 5. The fraction of sp³-hybridized carbons (Fsp3) is 0.444. The van der Waals surface area contributed by atoms with Crippen LogP contribution in [-0.4, -0.2) is 65.7 Å². The van der Waals surface area contributed by atoms with Gasteiger partial charge in [0.05, 0.1) is 6.54 Å². The molecule has 2 heterocycles. The summed E-state index contributed by atoms with van der Waals surface area (Å²) >= 11 is 0. The molecule has 1 aliphatic heterocycles. The summed E-state index contributed by atoms with van der Waals surface area (Å²) in [7, 11) is 3.21. The number of likely N-dealkylation sites (tertiary alicyclic amines) is 1. The molecule has 1 fully saturated rings. The smallest absolute Gasteiger partial charge is 0.251 e. The zero-order valence-electron chi connectivity index (χ0n) is 21.6. The van der Waals surface area contributed by atoms with Gasteiger partial charge in [-0.05, 0) is 42.0 Å². The molecule has 1 aliphatic rings. The molecule has 1 aromatic carbocycles. The standard InChI is InChI=1S/C27H34N6O3/c1-27(2,3)20-10-12-21(13-11-20)33(26(36)22-9-7-15-32(22)18-28)24(19-8-6-14-29-16-19)25(35)30-17-23(34)31(4)5/h6,8,10-14,16,22,24H,7,9,15,17H2,1-5H3,(H,30,35)/t22-,24?/m1/s1. The van der Waals surface area contributed by atoms with Crippen LogP contribution in [0.1, 0.15) is 50.8 Å². The number of rotatable bonds is 7. The Kier molecular flexibility index (Phi) is 8.30. The summed E-state index contributed by atoms with van der Waals surface area (Å²) in [6.07, 6.45) is 6.47. The predicted octanol–water partition coefficient (Wildman–Crippen LogP) is 2.60. The van der Waals surface area contributed by atoms with Crippen LogP contribution in [0.15, 0.2) is 48.8 Å². The van der Waals surface area contributed by atoms with Gasteiger partial charge in [0.15, 0.2) is 6.19 Å². The summed E-state index contributed by atoms with van der Waals surface area (Å²) in [6.45, 7) is 6.58. The maximum absolute atomic E-state index is 14.0. The van der Waals surface area contributed by atoms with Gasteiger partial charge in [0, 0.05) is 44.3 Å². The normalized spacial score (nSPS) is 16.1. The van der Waals surface area contributed by atoms with E-state index in [9.17, 15) is 19.6 Å². The highest BCUT2D eigenvalue weighted by Gasteiger charge is 2.40. The Hall–Kier alpha value is -3.93. The number of aromatic nitrogens is 1. The second kappa shape index (κ2) is 11.2. The van der Waals surface area contributed by atoms with Crippen molar-refractivity contribution in [3.8, 4) is 6.19 Å². The summed E-state index contributed by atoms with van der Waals surface area (Å²) in [4.78, 5) is 48.3. The first-order chi connectivity index (χ1) is 17.0. The third-order valence-corrected chi connectivity index (χ3v) is 6.33. The molecule has 0 bridgehead atoms. The van der Waals surface area contributed by atoms with Crippen molar-refractivity contribution in [2.75, 3.05) is 32.1 Å². The number of anilines is 1. The van der Waals surface area contributed by atoms with Gasteiger partial charge in [-0.2, -0.15) is 5.26 Å². The van der Waals surface area contributed by atoms with E-state index in [0.29, 0.717) is 30.6 Å². The number of nitriles is 1. The summed E-state index contributed by atoms with van der Waals surface area (Å²) in [5.74, 6) is -1.12. The predicted molar refractivity (Wildman–Crippen MR) is 137 cm³/mol. The van der Waals surface area contributed by atoms with E-state index in [-0.39, 0.29) is 23.8 Å². The Labute approximate surface area is 212 Å². The number of pyridine rings is 1.